The van der Waals surface area contributed by atoms with E-state index in [0.717, 1.165) is 0 Å². The maximum absolute atomic E-state index is 12.7. The first-order valence-corrected chi connectivity index (χ1v) is 4.49. The first-order valence-electron chi connectivity index (χ1n) is 4.49. The van der Waals surface area contributed by atoms with Crippen LogP contribution in [0.5, 0.6) is 0 Å². The molecule has 0 aliphatic heterocycles. The Morgan fingerprint density at radius 1 is 1.27 bits per heavy atom. The van der Waals surface area contributed by atoms with Gasteiger partial charge in [-0.1, -0.05) is 0 Å². The molecule has 15 heavy (non-hydrogen) atoms. The maximum Gasteiger partial charge on any atom is 0.208 e. The van der Waals surface area contributed by atoms with E-state index in [1.54, 1.807) is 6.92 Å². The Morgan fingerprint density at radius 2 is 1.93 bits per heavy atom. The van der Waals surface area contributed by atoms with E-state index in [2.05, 4.69) is 10.2 Å². The Balaban J connectivity index is 2.55. The summed E-state index contributed by atoms with van der Waals surface area (Å²) in [5, 5.41) is 6.63. The van der Waals surface area contributed by atoms with Crippen molar-refractivity contribution in [3.8, 4) is 11.3 Å². The number of nitrogens with one attached hydrogen (secondary N) is 1. The van der Waals surface area contributed by atoms with Gasteiger partial charge in [-0.25, -0.2) is 4.39 Å². The second-order valence-corrected chi connectivity index (χ2v) is 3.27. The lowest BCUT2D eigenvalue weighted by Gasteiger charge is -1.99. The van der Waals surface area contributed by atoms with E-state index in [-0.39, 0.29) is 11.2 Å². The van der Waals surface area contributed by atoms with Crippen LogP contribution in [0.1, 0.15) is 5.69 Å². The molecule has 1 N–H and O–H groups in total. The van der Waals surface area contributed by atoms with Crippen LogP contribution in [0.15, 0.2) is 35.1 Å². The highest BCUT2D eigenvalue weighted by Crippen LogP contribution is 2.12. The molecule has 0 aliphatic rings. The van der Waals surface area contributed by atoms with Crippen LogP contribution in [0.3, 0.4) is 0 Å². The zero-order valence-corrected chi connectivity index (χ0v) is 8.12. The summed E-state index contributed by atoms with van der Waals surface area (Å²) in [7, 11) is 0. The minimum absolute atomic E-state index is 0.169. The van der Waals surface area contributed by atoms with E-state index in [0.29, 0.717) is 17.0 Å². The number of halogens is 1. The molecule has 76 valence electrons. The molecule has 2 aromatic rings. The third kappa shape index (κ3) is 1.93. The van der Waals surface area contributed by atoms with E-state index in [1.807, 2.05) is 0 Å². The fraction of sp³-hybridized carbons (Fsp3) is 0.0909. The summed E-state index contributed by atoms with van der Waals surface area (Å²) in [5.41, 5.74) is 1.45. The average molecular weight is 204 g/mol. The zero-order valence-electron chi connectivity index (χ0n) is 8.12. The van der Waals surface area contributed by atoms with Crippen LogP contribution >= 0.6 is 0 Å². The molecule has 1 aromatic carbocycles. The Hall–Kier alpha value is -1.97. The summed E-state index contributed by atoms with van der Waals surface area (Å²) >= 11 is 0. The third-order valence-electron chi connectivity index (χ3n) is 2.04. The predicted molar refractivity (Wildman–Crippen MR) is 55.0 cm³/mol. The fourth-order valence-electron chi connectivity index (χ4n) is 1.31. The highest BCUT2D eigenvalue weighted by molar-refractivity contribution is 5.57. The Labute approximate surface area is 85.6 Å². The number of hydrogen-bond donors (Lipinski definition) is 1. The highest BCUT2D eigenvalue weighted by Gasteiger charge is 2.04. The van der Waals surface area contributed by atoms with Crippen molar-refractivity contribution in [3.05, 3.63) is 52.1 Å². The number of H-pyrrole nitrogens is 1. The van der Waals surface area contributed by atoms with Gasteiger partial charge in [0.05, 0.1) is 0 Å². The van der Waals surface area contributed by atoms with Crippen LogP contribution in [0.25, 0.3) is 11.3 Å². The maximum atomic E-state index is 12.7. The van der Waals surface area contributed by atoms with Gasteiger partial charge in [0.15, 0.2) is 0 Å². The van der Waals surface area contributed by atoms with Crippen LogP contribution in [0.2, 0.25) is 0 Å². The molecule has 1 aromatic heterocycles. The van der Waals surface area contributed by atoms with E-state index in [9.17, 15) is 9.18 Å². The van der Waals surface area contributed by atoms with Gasteiger partial charge in [0.2, 0.25) is 5.43 Å². The lowest BCUT2D eigenvalue weighted by atomic mass is 10.1. The van der Waals surface area contributed by atoms with Gasteiger partial charge < -0.3 is 0 Å². The summed E-state index contributed by atoms with van der Waals surface area (Å²) in [6.45, 7) is 1.75. The van der Waals surface area contributed by atoms with Crippen molar-refractivity contribution in [2.24, 2.45) is 0 Å². The van der Waals surface area contributed by atoms with Crippen LogP contribution in [-0.4, -0.2) is 10.2 Å². The smallest absolute Gasteiger partial charge is 0.208 e. The number of aromatic nitrogens is 2. The van der Waals surface area contributed by atoms with Gasteiger partial charge in [-0.3, -0.25) is 9.89 Å². The van der Waals surface area contributed by atoms with Gasteiger partial charge >= 0.3 is 0 Å². The normalized spacial score (nSPS) is 10.3. The van der Waals surface area contributed by atoms with Crippen molar-refractivity contribution < 1.29 is 4.39 Å². The number of rotatable bonds is 1. The Kier molecular flexibility index (Phi) is 2.33. The lowest BCUT2D eigenvalue weighted by molar-refractivity contribution is 0.628. The van der Waals surface area contributed by atoms with Crippen molar-refractivity contribution in [3.63, 3.8) is 0 Å². The van der Waals surface area contributed by atoms with Gasteiger partial charge in [0, 0.05) is 17.3 Å². The number of aryl methyl sites for hydroxylation is 1. The Morgan fingerprint density at radius 3 is 2.53 bits per heavy atom. The molecule has 2 rings (SSSR count). The lowest BCUT2D eigenvalue weighted by Crippen LogP contribution is -2.08. The molecule has 0 amide bonds. The third-order valence-corrected chi connectivity index (χ3v) is 2.04. The number of aromatic amines is 1. The average Bonchev–Trinajstić information content (AvgIpc) is 2.20. The second kappa shape index (κ2) is 3.65. The molecule has 0 bridgehead atoms. The van der Waals surface area contributed by atoms with E-state index >= 15 is 0 Å². The molecule has 0 atom stereocenters. The van der Waals surface area contributed by atoms with Crippen LogP contribution in [0.4, 0.5) is 4.39 Å². The molecule has 0 radical (unpaired) electrons. The molecular weight excluding hydrogens is 195 g/mol. The number of hydrogen-bond acceptors (Lipinski definition) is 2. The molecule has 0 saturated heterocycles. The number of benzene rings is 1. The monoisotopic (exact) mass is 204 g/mol. The minimum Gasteiger partial charge on any atom is -0.287 e. The molecule has 0 aliphatic carbocycles. The fourth-order valence-corrected chi connectivity index (χ4v) is 1.31. The summed E-state index contributed by atoms with van der Waals surface area (Å²) in [4.78, 5) is 11.5. The van der Waals surface area contributed by atoms with E-state index in [4.69, 9.17) is 0 Å². The molecule has 0 spiro atoms. The van der Waals surface area contributed by atoms with Crippen molar-refractivity contribution in [2.75, 3.05) is 0 Å². The van der Waals surface area contributed by atoms with Crippen molar-refractivity contribution in [2.45, 2.75) is 6.92 Å². The molecule has 1 heterocycles. The van der Waals surface area contributed by atoms with Gasteiger partial charge in [0.1, 0.15) is 11.5 Å². The van der Waals surface area contributed by atoms with Crippen LogP contribution in [0, 0.1) is 12.7 Å². The topological polar surface area (TPSA) is 45.8 Å². The van der Waals surface area contributed by atoms with Crippen molar-refractivity contribution >= 4 is 0 Å². The zero-order chi connectivity index (χ0) is 10.8. The van der Waals surface area contributed by atoms with Gasteiger partial charge in [-0.2, -0.15) is 5.10 Å². The minimum atomic E-state index is -0.331. The highest BCUT2D eigenvalue weighted by atomic mass is 19.1. The van der Waals surface area contributed by atoms with E-state index in [1.165, 1.54) is 30.3 Å². The van der Waals surface area contributed by atoms with Crippen molar-refractivity contribution in [1.29, 1.82) is 0 Å². The largest absolute Gasteiger partial charge is 0.287 e. The van der Waals surface area contributed by atoms with E-state index < -0.39 is 0 Å². The first-order chi connectivity index (χ1) is 7.16. The summed E-state index contributed by atoms with van der Waals surface area (Å²) in [6, 6.07) is 7.13. The molecule has 0 fully saturated rings. The SMILES string of the molecule is Cc1cc(=O)c(-c2ccc(F)cc2)n[nH]1. The summed E-state index contributed by atoms with van der Waals surface area (Å²) in [6.07, 6.45) is 0. The van der Waals surface area contributed by atoms with Crippen molar-refractivity contribution in [1.82, 2.24) is 10.2 Å². The van der Waals surface area contributed by atoms with Gasteiger partial charge in [-0.05, 0) is 31.2 Å². The molecular formula is C11H9FN2O. The number of nitrogens with zero attached hydrogens (tertiary/aromatic N) is 1. The summed E-state index contributed by atoms with van der Waals surface area (Å²) in [5.74, 6) is -0.331. The molecule has 4 heteroatoms. The quantitative estimate of drug-likeness (QED) is 0.770. The molecule has 3 nitrogen and oxygen atoms in total. The standard InChI is InChI=1S/C11H9FN2O/c1-7-6-10(15)11(14-13-7)8-2-4-9(12)5-3-8/h2-6H,1H3,(H,13,15). The molecule has 0 unspecified atom stereocenters. The first kappa shape index (κ1) is 9.58. The molecule has 0 saturated carbocycles. The van der Waals surface area contributed by atoms with Gasteiger partial charge in [0.25, 0.3) is 0 Å². The second-order valence-electron chi connectivity index (χ2n) is 3.27. The van der Waals surface area contributed by atoms with Crippen LogP contribution in [-0.2, 0) is 0 Å². The summed E-state index contributed by atoms with van der Waals surface area (Å²) < 4.78 is 12.7. The Bertz CT molecular complexity index is 531. The van der Waals surface area contributed by atoms with Gasteiger partial charge in [-0.15, -0.1) is 0 Å². The van der Waals surface area contributed by atoms with Crippen LogP contribution < -0.4 is 5.43 Å². The predicted octanol–water partition coefficient (Wildman–Crippen LogP) is 1.88.